The van der Waals surface area contributed by atoms with Gasteiger partial charge in [0.2, 0.25) is 0 Å². The fraction of sp³-hybridized carbons (Fsp3) is 0.923. The lowest BCUT2D eigenvalue weighted by molar-refractivity contribution is 0.315. The summed E-state index contributed by atoms with van der Waals surface area (Å²) in [5, 5.41) is 0. The van der Waals surface area contributed by atoms with E-state index in [2.05, 4.69) is 14.8 Å². The molecule has 0 bridgehead atoms. The van der Waals surface area contributed by atoms with E-state index >= 15 is 0 Å². The van der Waals surface area contributed by atoms with Gasteiger partial charge in [-0.1, -0.05) is 0 Å². The van der Waals surface area contributed by atoms with Crippen LogP contribution in [0.15, 0.2) is 4.99 Å². The van der Waals surface area contributed by atoms with Crippen LogP contribution >= 0.6 is 35.7 Å². The molecule has 1 unspecified atom stereocenters. The second-order valence-corrected chi connectivity index (χ2v) is 6.90. The van der Waals surface area contributed by atoms with Crippen LogP contribution in [0, 0.1) is 5.92 Å². The molecule has 6 heteroatoms. The van der Waals surface area contributed by atoms with Crippen molar-refractivity contribution in [3.63, 3.8) is 0 Å². The minimum Gasteiger partial charge on any atom is -0.370 e. The number of likely N-dealkylation sites (tertiary alicyclic amines) is 1. The van der Waals surface area contributed by atoms with E-state index in [1.165, 1.54) is 43.9 Å². The van der Waals surface area contributed by atoms with Crippen LogP contribution in [0.2, 0.25) is 0 Å². The van der Waals surface area contributed by atoms with Gasteiger partial charge in [-0.3, -0.25) is 4.99 Å². The Bertz CT molecular complexity index is 316. The van der Waals surface area contributed by atoms with E-state index in [0.717, 1.165) is 37.6 Å². The van der Waals surface area contributed by atoms with E-state index < -0.39 is 0 Å². The average Bonchev–Trinajstić information content (AvgIpc) is 3.16. The van der Waals surface area contributed by atoms with Crippen LogP contribution in [0.4, 0.5) is 0 Å². The monoisotopic (exact) mass is 396 g/mol. The van der Waals surface area contributed by atoms with Crippen molar-refractivity contribution in [3.05, 3.63) is 0 Å². The Balaban J connectivity index is 0.00000133. The van der Waals surface area contributed by atoms with Crippen molar-refractivity contribution >= 4 is 41.7 Å². The number of halogens is 1. The summed E-state index contributed by atoms with van der Waals surface area (Å²) >= 11 is 2.01. The Labute approximate surface area is 137 Å². The zero-order valence-corrected chi connectivity index (χ0v) is 14.6. The van der Waals surface area contributed by atoms with Crippen LogP contribution in [-0.2, 0) is 0 Å². The minimum absolute atomic E-state index is 0. The van der Waals surface area contributed by atoms with Crippen molar-refractivity contribution < 1.29 is 0 Å². The van der Waals surface area contributed by atoms with Gasteiger partial charge in [0.15, 0.2) is 5.96 Å². The molecule has 3 aliphatic rings. The van der Waals surface area contributed by atoms with Gasteiger partial charge in [0.05, 0.1) is 0 Å². The van der Waals surface area contributed by atoms with Crippen molar-refractivity contribution in [1.29, 1.82) is 0 Å². The van der Waals surface area contributed by atoms with E-state index in [1.54, 1.807) is 0 Å². The van der Waals surface area contributed by atoms with E-state index in [-0.39, 0.29) is 24.0 Å². The summed E-state index contributed by atoms with van der Waals surface area (Å²) in [6, 6.07) is 0.912. The highest BCUT2D eigenvalue weighted by molar-refractivity contribution is 14.0. The average molecular weight is 396 g/mol. The number of nitrogens with two attached hydrogens (primary N) is 1. The van der Waals surface area contributed by atoms with Crippen molar-refractivity contribution in [2.24, 2.45) is 16.6 Å². The largest absolute Gasteiger partial charge is 0.370 e. The predicted octanol–water partition coefficient (Wildman–Crippen LogP) is 1.45. The lowest BCUT2D eigenvalue weighted by Crippen LogP contribution is -2.43. The van der Waals surface area contributed by atoms with Crippen LogP contribution in [-0.4, -0.2) is 66.0 Å². The highest BCUT2D eigenvalue weighted by Gasteiger charge is 2.34. The van der Waals surface area contributed by atoms with Crippen molar-refractivity contribution in [2.75, 3.05) is 44.2 Å². The van der Waals surface area contributed by atoms with Gasteiger partial charge in [0, 0.05) is 43.7 Å². The highest BCUT2D eigenvalue weighted by Crippen LogP contribution is 2.31. The number of rotatable bonds is 3. The van der Waals surface area contributed by atoms with Gasteiger partial charge in [-0.25, -0.2) is 0 Å². The molecule has 110 valence electrons. The molecule has 2 saturated heterocycles. The summed E-state index contributed by atoms with van der Waals surface area (Å²) in [6.45, 7) is 5.60. The quantitative estimate of drug-likeness (QED) is 0.446. The Morgan fingerprint density at radius 3 is 2.58 bits per heavy atom. The summed E-state index contributed by atoms with van der Waals surface area (Å²) < 4.78 is 0. The van der Waals surface area contributed by atoms with Gasteiger partial charge in [-0.2, -0.15) is 11.8 Å². The molecule has 0 spiro atoms. The normalized spacial score (nSPS) is 29.4. The topological polar surface area (TPSA) is 44.9 Å². The zero-order valence-electron chi connectivity index (χ0n) is 11.5. The molecule has 2 heterocycles. The molecule has 0 aromatic heterocycles. The number of hydrogen-bond donors (Lipinski definition) is 1. The summed E-state index contributed by atoms with van der Waals surface area (Å²) in [5.74, 6) is 3.90. The number of guanidine groups is 1. The molecule has 2 aliphatic heterocycles. The molecular formula is C13H25IN4S. The molecule has 2 N–H and O–H groups in total. The van der Waals surface area contributed by atoms with E-state index in [4.69, 9.17) is 5.73 Å². The molecular weight excluding hydrogens is 371 g/mol. The van der Waals surface area contributed by atoms with Crippen LogP contribution in [0.3, 0.4) is 0 Å². The first kappa shape index (κ1) is 15.7. The molecule has 1 aliphatic carbocycles. The molecule has 0 radical (unpaired) electrons. The standard InChI is InChI=1S/C13H24N4S.HI/c14-13(16-5-7-18-8-6-16)15-9-11-3-4-17(10-11)12-1-2-12;/h11-12H,1-10H2,(H2,14,15);1H. The van der Waals surface area contributed by atoms with Gasteiger partial charge < -0.3 is 15.5 Å². The first-order valence-electron chi connectivity index (χ1n) is 7.19. The molecule has 3 fully saturated rings. The first-order chi connectivity index (χ1) is 8.83. The Morgan fingerprint density at radius 2 is 1.89 bits per heavy atom. The van der Waals surface area contributed by atoms with Gasteiger partial charge >= 0.3 is 0 Å². The summed E-state index contributed by atoms with van der Waals surface area (Å²) in [6.07, 6.45) is 4.15. The van der Waals surface area contributed by atoms with Crippen LogP contribution in [0.25, 0.3) is 0 Å². The summed E-state index contributed by atoms with van der Waals surface area (Å²) in [4.78, 5) is 9.52. The number of nitrogens with zero attached hydrogens (tertiary/aromatic N) is 3. The molecule has 1 saturated carbocycles. The maximum absolute atomic E-state index is 6.09. The number of aliphatic imine (C=N–C) groups is 1. The molecule has 0 aromatic rings. The van der Waals surface area contributed by atoms with Gasteiger partial charge in [-0.15, -0.1) is 24.0 Å². The van der Waals surface area contributed by atoms with E-state index in [0.29, 0.717) is 0 Å². The fourth-order valence-corrected chi connectivity index (χ4v) is 3.80. The number of hydrogen-bond acceptors (Lipinski definition) is 3. The van der Waals surface area contributed by atoms with Crippen molar-refractivity contribution in [1.82, 2.24) is 9.80 Å². The van der Waals surface area contributed by atoms with Crippen LogP contribution < -0.4 is 5.73 Å². The smallest absolute Gasteiger partial charge is 0.191 e. The molecule has 1 atom stereocenters. The molecule has 3 rings (SSSR count). The Kier molecular flexibility index (Phi) is 6.08. The van der Waals surface area contributed by atoms with E-state index in [9.17, 15) is 0 Å². The lowest BCUT2D eigenvalue weighted by atomic mass is 10.1. The molecule has 0 amide bonds. The minimum atomic E-state index is 0. The Morgan fingerprint density at radius 1 is 1.16 bits per heavy atom. The molecule has 0 aromatic carbocycles. The van der Waals surface area contributed by atoms with Crippen LogP contribution in [0.5, 0.6) is 0 Å². The lowest BCUT2D eigenvalue weighted by Gasteiger charge is -2.27. The van der Waals surface area contributed by atoms with Crippen molar-refractivity contribution in [2.45, 2.75) is 25.3 Å². The number of thioether (sulfide) groups is 1. The second kappa shape index (κ2) is 7.36. The predicted molar refractivity (Wildman–Crippen MR) is 93.5 cm³/mol. The maximum atomic E-state index is 6.09. The van der Waals surface area contributed by atoms with Crippen molar-refractivity contribution in [3.8, 4) is 0 Å². The zero-order chi connectivity index (χ0) is 12.4. The summed E-state index contributed by atoms with van der Waals surface area (Å²) in [7, 11) is 0. The molecule has 19 heavy (non-hydrogen) atoms. The fourth-order valence-electron chi connectivity index (χ4n) is 2.90. The van der Waals surface area contributed by atoms with Gasteiger partial charge in [-0.05, 0) is 31.7 Å². The maximum Gasteiger partial charge on any atom is 0.191 e. The summed E-state index contributed by atoms with van der Waals surface area (Å²) in [5.41, 5.74) is 6.09. The second-order valence-electron chi connectivity index (χ2n) is 5.68. The SMILES string of the molecule is I.NC(=NCC1CCN(C2CC2)C1)N1CCSCC1. The van der Waals surface area contributed by atoms with Gasteiger partial charge in [0.1, 0.15) is 0 Å². The first-order valence-corrected chi connectivity index (χ1v) is 8.35. The molecule has 4 nitrogen and oxygen atoms in total. The third-order valence-corrected chi connectivity index (χ3v) is 5.17. The van der Waals surface area contributed by atoms with Crippen LogP contribution in [0.1, 0.15) is 19.3 Å². The van der Waals surface area contributed by atoms with Gasteiger partial charge in [0.25, 0.3) is 0 Å². The third kappa shape index (κ3) is 4.39. The third-order valence-electron chi connectivity index (χ3n) is 4.23. The Hall–Kier alpha value is 0.310. The highest BCUT2D eigenvalue weighted by atomic mass is 127. The van der Waals surface area contributed by atoms with E-state index in [1.807, 2.05) is 11.8 Å².